The van der Waals surface area contributed by atoms with Crippen LogP contribution in [-0.2, 0) is 15.6 Å². The van der Waals surface area contributed by atoms with E-state index in [2.05, 4.69) is 51.6 Å². The van der Waals surface area contributed by atoms with Crippen molar-refractivity contribution in [2.75, 3.05) is 0 Å². The molecule has 0 spiro atoms. The molecule has 5 rings (SSSR count). The van der Waals surface area contributed by atoms with E-state index in [9.17, 15) is 0 Å². The van der Waals surface area contributed by atoms with Gasteiger partial charge in [0.2, 0.25) is 0 Å². The second-order valence-electron chi connectivity index (χ2n) is 8.01. The number of hydrogen-bond donors (Lipinski definition) is 0. The van der Waals surface area contributed by atoms with E-state index >= 15 is 0 Å². The first-order valence-corrected chi connectivity index (χ1v) is 8.49. The molecule has 0 N–H and O–H groups in total. The van der Waals surface area contributed by atoms with Gasteiger partial charge in [0.15, 0.2) is 0 Å². The van der Waals surface area contributed by atoms with Gasteiger partial charge in [-0.3, -0.25) is 0 Å². The van der Waals surface area contributed by atoms with Crippen molar-refractivity contribution in [1.82, 2.24) is 0 Å². The van der Waals surface area contributed by atoms with Crippen LogP contribution in [-0.4, -0.2) is 18.8 Å². The van der Waals surface area contributed by atoms with Crippen LogP contribution in [0.2, 0.25) is 0 Å². The molecular weight excluding hydrogens is 271 g/mol. The fraction of sp³-hybridized carbons (Fsp3) is 0.579. The van der Waals surface area contributed by atoms with Crippen molar-refractivity contribution in [3.05, 3.63) is 42.0 Å². The van der Waals surface area contributed by atoms with Gasteiger partial charge in [-0.1, -0.05) is 50.8 Å². The minimum absolute atomic E-state index is 0.105. The van der Waals surface area contributed by atoms with Crippen molar-refractivity contribution < 1.29 is 9.31 Å². The maximum atomic E-state index is 6.49. The largest absolute Gasteiger partial charge is 0.462 e. The highest BCUT2D eigenvalue weighted by Crippen LogP contribution is 2.65. The molecule has 3 saturated carbocycles. The molecule has 3 aliphatic carbocycles. The van der Waals surface area contributed by atoms with Gasteiger partial charge in [-0.05, 0) is 48.1 Å². The predicted octanol–water partition coefficient (Wildman–Crippen LogP) is 4.14. The van der Waals surface area contributed by atoms with Gasteiger partial charge in [0.1, 0.15) is 0 Å². The molecule has 2 nitrogen and oxygen atoms in total. The molecule has 0 unspecified atom stereocenters. The van der Waals surface area contributed by atoms with Gasteiger partial charge < -0.3 is 9.31 Å². The molecule has 2 bridgehead atoms. The number of benzene rings is 1. The summed E-state index contributed by atoms with van der Waals surface area (Å²) in [4.78, 5) is 0. The van der Waals surface area contributed by atoms with Crippen molar-refractivity contribution in [3.8, 4) is 0 Å². The summed E-state index contributed by atoms with van der Waals surface area (Å²) in [5.41, 5.74) is 2.74. The van der Waals surface area contributed by atoms with E-state index < -0.39 is 0 Å². The van der Waals surface area contributed by atoms with Crippen LogP contribution in [0.4, 0.5) is 0 Å². The standard InChI is InChI=1S/C19H25BO2/c1-5-13-8-6-7-9-14(13)12-20-21-17-11-15-10-16(18(15,2)3)19(17,4)22-20/h5-9,15-17H,1,10-12H2,2-4H3/t15-,16-,17+,19-/m0/s1. The van der Waals surface area contributed by atoms with E-state index in [0.29, 0.717) is 11.3 Å². The molecule has 0 aromatic heterocycles. The SMILES string of the molecule is C=Cc1ccccc1CB1O[C@@H]2C[C@@H]3C[C@@H](C3(C)C)[C@]2(C)O1. The van der Waals surface area contributed by atoms with Crippen LogP contribution in [0.15, 0.2) is 30.8 Å². The van der Waals surface area contributed by atoms with Gasteiger partial charge in [0.25, 0.3) is 0 Å². The lowest BCUT2D eigenvalue weighted by atomic mass is 9.43. The summed E-state index contributed by atoms with van der Waals surface area (Å²) in [5.74, 6) is 1.43. The van der Waals surface area contributed by atoms with Crippen LogP contribution < -0.4 is 0 Å². The van der Waals surface area contributed by atoms with Gasteiger partial charge in [0, 0.05) is 6.32 Å². The molecule has 4 atom stereocenters. The van der Waals surface area contributed by atoms with Crippen LogP contribution in [0.3, 0.4) is 0 Å². The Morgan fingerprint density at radius 2 is 2.05 bits per heavy atom. The third-order valence-corrected chi connectivity index (χ3v) is 6.66. The Hall–Kier alpha value is -1.06. The topological polar surface area (TPSA) is 18.5 Å². The average molecular weight is 296 g/mol. The summed E-state index contributed by atoms with van der Waals surface area (Å²) in [6.45, 7) is 11.0. The molecular formula is C19H25BO2. The van der Waals surface area contributed by atoms with Crippen LogP contribution in [0, 0.1) is 17.3 Å². The van der Waals surface area contributed by atoms with Gasteiger partial charge in [-0.25, -0.2) is 0 Å². The highest BCUT2D eigenvalue weighted by atomic mass is 16.7. The van der Waals surface area contributed by atoms with Crippen molar-refractivity contribution in [2.24, 2.45) is 17.3 Å². The molecule has 1 aliphatic heterocycles. The fourth-order valence-electron chi connectivity index (χ4n) is 5.14. The lowest BCUT2D eigenvalue weighted by Gasteiger charge is -2.64. The van der Waals surface area contributed by atoms with Crippen molar-refractivity contribution >= 4 is 13.2 Å². The smallest absolute Gasteiger partial charge is 0.405 e. The zero-order valence-corrected chi connectivity index (χ0v) is 13.8. The van der Waals surface area contributed by atoms with Crippen molar-refractivity contribution in [1.29, 1.82) is 0 Å². The van der Waals surface area contributed by atoms with Crippen molar-refractivity contribution in [2.45, 2.75) is 51.6 Å². The van der Waals surface area contributed by atoms with E-state index in [1.54, 1.807) is 0 Å². The normalized spacial score (nSPS) is 38.3. The van der Waals surface area contributed by atoms with Crippen LogP contribution >= 0.6 is 0 Å². The minimum atomic E-state index is -0.119. The number of rotatable bonds is 3. The van der Waals surface area contributed by atoms with E-state index in [4.69, 9.17) is 9.31 Å². The highest BCUT2D eigenvalue weighted by Gasteiger charge is 2.67. The molecule has 3 heteroatoms. The number of hydrogen-bond acceptors (Lipinski definition) is 2. The van der Waals surface area contributed by atoms with Gasteiger partial charge in [-0.2, -0.15) is 0 Å². The summed E-state index contributed by atoms with van der Waals surface area (Å²) >= 11 is 0. The highest BCUT2D eigenvalue weighted by molar-refractivity contribution is 6.45. The molecule has 4 fully saturated rings. The first-order valence-electron chi connectivity index (χ1n) is 8.49. The van der Waals surface area contributed by atoms with Crippen LogP contribution in [0.1, 0.15) is 44.7 Å². The molecule has 1 aromatic carbocycles. The van der Waals surface area contributed by atoms with Gasteiger partial charge >= 0.3 is 7.12 Å². The van der Waals surface area contributed by atoms with Crippen molar-refractivity contribution in [3.63, 3.8) is 0 Å². The zero-order valence-electron chi connectivity index (χ0n) is 13.8. The summed E-state index contributed by atoms with van der Waals surface area (Å²) in [6.07, 6.45) is 5.45. The Balaban J connectivity index is 1.54. The van der Waals surface area contributed by atoms with Gasteiger partial charge in [-0.15, -0.1) is 0 Å². The first kappa shape index (κ1) is 14.5. The maximum absolute atomic E-state index is 6.49. The van der Waals surface area contributed by atoms with E-state index in [1.807, 2.05) is 6.08 Å². The molecule has 0 amide bonds. The first-order chi connectivity index (χ1) is 10.4. The Morgan fingerprint density at radius 3 is 2.77 bits per heavy atom. The van der Waals surface area contributed by atoms with E-state index in [-0.39, 0.29) is 18.8 Å². The summed E-state index contributed by atoms with van der Waals surface area (Å²) in [5, 5.41) is 0. The third-order valence-electron chi connectivity index (χ3n) is 6.66. The zero-order chi connectivity index (χ0) is 15.5. The van der Waals surface area contributed by atoms with Gasteiger partial charge in [0.05, 0.1) is 11.7 Å². The molecule has 1 aromatic rings. The molecule has 1 heterocycles. The predicted molar refractivity (Wildman–Crippen MR) is 90.3 cm³/mol. The summed E-state index contributed by atoms with van der Waals surface area (Å²) in [7, 11) is -0.119. The summed E-state index contributed by atoms with van der Waals surface area (Å²) in [6, 6.07) is 8.38. The summed E-state index contributed by atoms with van der Waals surface area (Å²) < 4.78 is 12.8. The van der Waals surface area contributed by atoms with E-state index in [1.165, 1.54) is 17.5 Å². The maximum Gasteiger partial charge on any atom is 0.462 e. The second kappa shape index (κ2) is 4.72. The lowest BCUT2D eigenvalue weighted by Crippen LogP contribution is -2.65. The third kappa shape index (κ3) is 1.88. The fourth-order valence-corrected chi connectivity index (χ4v) is 5.14. The Morgan fingerprint density at radius 1 is 1.27 bits per heavy atom. The molecule has 1 saturated heterocycles. The Labute approximate surface area is 134 Å². The van der Waals surface area contributed by atoms with Crippen LogP contribution in [0.5, 0.6) is 0 Å². The monoisotopic (exact) mass is 296 g/mol. The molecule has 4 aliphatic rings. The molecule has 116 valence electrons. The quantitative estimate of drug-likeness (QED) is 0.780. The minimum Gasteiger partial charge on any atom is -0.405 e. The molecule has 22 heavy (non-hydrogen) atoms. The lowest BCUT2D eigenvalue weighted by molar-refractivity contribution is -0.199. The van der Waals surface area contributed by atoms with Crippen LogP contribution in [0.25, 0.3) is 6.08 Å². The second-order valence-corrected chi connectivity index (χ2v) is 8.01. The average Bonchev–Trinajstić information content (AvgIpc) is 2.82. The molecule has 0 radical (unpaired) electrons. The Kier molecular flexibility index (Phi) is 3.12. The van der Waals surface area contributed by atoms with E-state index in [0.717, 1.165) is 18.7 Å². The Bertz CT molecular complexity index is 611.